The van der Waals surface area contributed by atoms with Crippen LogP contribution in [-0.2, 0) is 17.3 Å². The fourth-order valence-electron chi connectivity index (χ4n) is 2.97. The molecule has 0 N–H and O–H groups in total. The van der Waals surface area contributed by atoms with Crippen molar-refractivity contribution in [1.29, 1.82) is 0 Å². The molecule has 5 heteroatoms. The van der Waals surface area contributed by atoms with Gasteiger partial charge < -0.3 is 4.74 Å². The van der Waals surface area contributed by atoms with Crippen molar-refractivity contribution < 1.29 is 22.7 Å². The third kappa shape index (κ3) is 3.99. The zero-order chi connectivity index (χ0) is 15.5. The summed E-state index contributed by atoms with van der Waals surface area (Å²) in [7, 11) is 1.16. The number of alkyl halides is 3. The highest BCUT2D eigenvalue weighted by atomic mass is 19.4. The quantitative estimate of drug-likeness (QED) is 0.762. The van der Waals surface area contributed by atoms with Crippen molar-refractivity contribution in [3.05, 3.63) is 34.9 Å². The van der Waals surface area contributed by atoms with Crippen molar-refractivity contribution in [3.8, 4) is 0 Å². The van der Waals surface area contributed by atoms with Gasteiger partial charge in [-0.1, -0.05) is 38.2 Å². The first-order valence-corrected chi connectivity index (χ1v) is 7.20. The van der Waals surface area contributed by atoms with Gasteiger partial charge >= 0.3 is 12.1 Å². The highest BCUT2D eigenvalue weighted by Gasteiger charge is 2.34. The smallest absolute Gasteiger partial charge is 0.416 e. The molecule has 1 aromatic rings. The van der Waals surface area contributed by atoms with Crippen LogP contribution < -0.4 is 0 Å². The second-order valence-corrected chi connectivity index (χ2v) is 5.57. The molecule has 1 aliphatic rings. The molecule has 0 saturated heterocycles. The Kier molecular flexibility index (Phi) is 4.91. The van der Waals surface area contributed by atoms with Crippen molar-refractivity contribution in [3.63, 3.8) is 0 Å². The average Bonchev–Trinajstić information content (AvgIpc) is 2.47. The molecule has 0 aliphatic heterocycles. The van der Waals surface area contributed by atoms with E-state index in [0.717, 1.165) is 38.9 Å². The maximum atomic E-state index is 13.2. The van der Waals surface area contributed by atoms with Crippen LogP contribution in [0.3, 0.4) is 0 Å². The van der Waals surface area contributed by atoms with E-state index in [0.29, 0.717) is 12.3 Å². The van der Waals surface area contributed by atoms with Gasteiger partial charge in [0.05, 0.1) is 18.2 Å². The molecule has 116 valence electrons. The molecule has 0 unspecified atom stereocenters. The molecule has 0 aromatic heterocycles. The number of esters is 1. The summed E-state index contributed by atoms with van der Waals surface area (Å²) in [5, 5.41) is 0. The van der Waals surface area contributed by atoms with Crippen molar-refractivity contribution in [2.45, 2.75) is 44.7 Å². The van der Waals surface area contributed by atoms with Crippen LogP contribution in [0, 0.1) is 5.92 Å². The molecule has 0 spiro atoms. The number of carbonyl (C=O) groups is 1. The molecule has 1 fully saturated rings. The molecule has 0 heterocycles. The minimum Gasteiger partial charge on any atom is -0.465 e. The molecular formula is C16H19F3O2. The molecule has 1 aliphatic carbocycles. The van der Waals surface area contributed by atoms with E-state index in [1.165, 1.54) is 18.6 Å². The Bertz CT molecular complexity index is 503. The van der Waals surface area contributed by atoms with Crippen molar-refractivity contribution >= 4 is 5.97 Å². The minimum atomic E-state index is -4.45. The number of rotatable bonds is 3. The summed E-state index contributed by atoms with van der Waals surface area (Å²) in [5.41, 5.74) is -0.491. The Morgan fingerprint density at radius 1 is 1.24 bits per heavy atom. The number of carbonyl (C=O) groups excluding carboxylic acids is 1. The second kappa shape index (κ2) is 6.50. The van der Waals surface area contributed by atoms with E-state index in [1.807, 2.05) is 0 Å². The van der Waals surface area contributed by atoms with Crippen LogP contribution in [0.5, 0.6) is 0 Å². The second-order valence-electron chi connectivity index (χ2n) is 5.57. The van der Waals surface area contributed by atoms with Gasteiger partial charge in [-0.2, -0.15) is 13.2 Å². The van der Waals surface area contributed by atoms with Gasteiger partial charge in [-0.15, -0.1) is 0 Å². The van der Waals surface area contributed by atoms with E-state index in [-0.39, 0.29) is 11.1 Å². The SMILES string of the molecule is COC(=O)c1ccc(CC2CCCCC2)c(C(F)(F)F)c1. The van der Waals surface area contributed by atoms with Crippen LogP contribution in [0.1, 0.15) is 53.6 Å². The first kappa shape index (κ1) is 15.9. The monoisotopic (exact) mass is 300 g/mol. The Morgan fingerprint density at radius 2 is 1.90 bits per heavy atom. The summed E-state index contributed by atoms with van der Waals surface area (Å²) in [6, 6.07) is 3.74. The van der Waals surface area contributed by atoms with Crippen LogP contribution in [0.4, 0.5) is 13.2 Å². The van der Waals surface area contributed by atoms with Crippen LogP contribution in [0.15, 0.2) is 18.2 Å². The van der Waals surface area contributed by atoms with Gasteiger partial charge in [0.15, 0.2) is 0 Å². The first-order chi connectivity index (χ1) is 9.91. The number of ether oxygens (including phenoxy) is 1. The molecule has 21 heavy (non-hydrogen) atoms. The summed E-state index contributed by atoms with van der Waals surface area (Å²) in [5.74, 6) is -0.437. The van der Waals surface area contributed by atoms with Crippen LogP contribution in [0.2, 0.25) is 0 Å². The maximum absolute atomic E-state index is 13.2. The molecule has 0 radical (unpaired) electrons. The largest absolute Gasteiger partial charge is 0.465 e. The van der Waals surface area contributed by atoms with Gasteiger partial charge in [0, 0.05) is 0 Å². The summed E-state index contributed by atoms with van der Waals surface area (Å²) in [6.45, 7) is 0. The van der Waals surface area contributed by atoms with Crippen LogP contribution in [0.25, 0.3) is 0 Å². The Labute approximate surface area is 122 Å². The molecule has 0 bridgehead atoms. The van der Waals surface area contributed by atoms with Crippen LogP contribution in [-0.4, -0.2) is 13.1 Å². The van der Waals surface area contributed by atoms with E-state index in [4.69, 9.17) is 0 Å². The lowest BCUT2D eigenvalue weighted by atomic mass is 9.83. The standard InChI is InChI=1S/C16H19F3O2/c1-21-15(20)13-8-7-12(14(10-13)16(17,18)19)9-11-5-3-2-4-6-11/h7-8,10-11H,2-6,9H2,1H3. The van der Waals surface area contributed by atoms with Gasteiger partial charge in [0.1, 0.15) is 0 Å². The van der Waals surface area contributed by atoms with Crippen LogP contribution >= 0.6 is 0 Å². The van der Waals surface area contributed by atoms with Gasteiger partial charge in [-0.05, 0) is 30.0 Å². The maximum Gasteiger partial charge on any atom is 0.416 e. The molecule has 1 aromatic carbocycles. The van der Waals surface area contributed by atoms with Gasteiger partial charge in [0.2, 0.25) is 0 Å². The fraction of sp³-hybridized carbons (Fsp3) is 0.562. The van der Waals surface area contributed by atoms with E-state index in [1.54, 1.807) is 0 Å². The number of halogens is 3. The van der Waals surface area contributed by atoms with Crippen molar-refractivity contribution in [2.75, 3.05) is 7.11 Å². The molecule has 0 amide bonds. The third-order valence-electron chi connectivity index (χ3n) is 4.07. The normalized spacial score (nSPS) is 16.8. The Morgan fingerprint density at radius 3 is 2.48 bits per heavy atom. The molecule has 0 atom stereocenters. The van der Waals surface area contributed by atoms with Gasteiger partial charge in [0.25, 0.3) is 0 Å². The summed E-state index contributed by atoms with van der Waals surface area (Å²) in [4.78, 5) is 11.4. The van der Waals surface area contributed by atoms with Crippen molar-refractivity contribution in [1.82, 2.24) is 0 Å². The lowest BCUT2D eigenvalue weighted by molar-refractivity contribution is -0.138. The highest BCUT2D eigenvalue weighted by molar-refractivity contribution is 5.89. The molecular weight excluding hydrogens is 281 g/mol. The average molecular weight is 300 g/mol. The number of hydrogen-bond donors (Lipinski definition) is 0. The van der Waals surface area contributed by atoms with Gasteiger partial charge in [-0.25, -0.2) is 4.79 Å². The topological polar surface area (TPSA) is 26.3 Å². The number of hydrogen-bond acceptors (Lipinski definition) is 2. The predicted octanol–water partition coefficient (Wildman–Crippen LogP) is 4.61. The van der Waals surface area contributed by atoms with E-state index in [9.17, 15) is 18.0 Å². The zero-order valence-electron chi connectivity index (χ0n) is 12.0. The number of benzene rings is 1. The Balaban J connectivity index is 2.28. The van der Waals surface area contributed by atoms with E-state index >= 15 is 0 Å². The molecule has 2 rings (SSSR count). The van der Waals surface area contributed by atoms with Gasteiger partial charge in [-0.3, -0.25) is 0 Å². The van der Waals surface area contributed by atoms with Crippen molar-refractivity contribution in [2.24, 2.45) is 5.92 Å². The summed E-state index contributed by atoms with van der Waals surface area (Å²) < 4.78 is 44.1. The van der Waals surface area contributed by atoms with E-state index in [2.05, 4.69) is 4.74 Å². The third-order valence-corrected chi connectivity index (χ3v) is 4.07. The fourth-order valence-corrected chi connectivity index (χ4v) is 2.97. The summed E-state index contributed by atoms with van der Waals surface area (Å²) >= 11 is 0. The van der Waals surface area contributed by atoms with E-state index < -0.39 is 17.7 Å². The number of methoxy groups -OCH3 is 1. The molecule has 2 nitrogen and oxygen atoms in total. The minimum absolute atomic E-state index is 0.0581. The highest BCUT2D eigenvalue weighted by Crippen LogP contribution is 2.36. The zero-order valence-corrected chi connectivity index (χ0v) is 12.0. The predicted molar refractivity (Wildman–Crippen MR) is 73.1 cm³/mol. The lowest BCUT2D eigenvalue weighted by Gasteiger charge is -2.23. The Hall–Kier alpha value is -1.52. The summed E-state index contributed by atoms with van der Waals surface area (Å²) in [6.07, 6.45) is 1.29. The lowest BCUT2D eigenvalue weighted by Crippen LogP contribution is -2.16. The first-order valence-electron chi connectivity index (χ1n) is 7.20. The molecule has 1 saturated carbocycles.